The Labute approximate surface area is 170 Å². The molecule has 1 saturated heterocycles. The molecule has 0 radical (unpaired) electrons. The Morgan fingerprint density at radius 1 is 1.24 bits per heavy atom. The number of nitrogens with one attached hydrogen (secondary N) is 1. The second kappa shape index (κ2) is 8.51. The van der Waals surface area contributed by atoms with Gasteiger partial charge in [-0.1, -0.05) is 12.1 Å². The lowest BCUT2D eigenvalue weighted by Crippen LogP contribution is -2.44. The maximum Gasteiger partial charge on any atom is 0.231 e. The number of hydrogen-bond donors (Lipinski definition) is 1. The highest BCUT2D eigenvalue weighted by Gasteiger charge is 2.28. The first kappa shape index (κ1) is 19.2. The van der Waals surface area contributed by atoms with Gasteiger partial charge in [0.25, 0.3) is 0 Å². The van der Waals surface area contributed by atoms with Crippen LogP contribution in [0.4, 0.5) is 5.82 Å². The number of nitrogens with zero attached hydrogens (tertiary/aromatic N) is 2. The highest BCUT2D eigenvalue weighted by Crippen LogP contribution is 2.32. The van der Waals surface area contributed by atoms with Gasteiger partial charge in [-0.05, 0) is 55.5 Å². The Morgan fingerprint density at radius 2 is 2.10 bits per heavy atom. The number of piperidine rings is 1. The van der Waals surface area contributed by atoms with E-state index in [0.717, 1.165) is 35.5 Å². The van der Waals surface area contributed by atoms with E-state index in [-0.39, 0.29) is 24.5 Å². The van der Waals surface area contributed by atoms with Crippen molar-refractivity contribution < 1.29 is 19.1 Å². The second-order valence-electron chi connectivity index (χ2n) is 7.52. The molecule has 2 aliphatic rings. The number of fused-ring (bicyclic) bond motifs is 1. The van der Waals surface area contributed by atoms with E-state index >= 15 is 0 Å². The van der Waals surface area contributed by atoms with Crippen molar-refractivity contribution in [3.8, 4) is 11.5 Å². The molecule has 2 aliphatic heterocycles. The summed E-state index contributed by atoms with van der Waals surface area (Å²) in [5, 5.41) is 2.91. The van der Waals surface area contributed by atoms with Crippen LogP contribution in [-0.2, 0) is 16.0 Å². The van der Waals surface area contributed by atoms with Crippen LogP contribution in [-0.4, -0.2) is 41.6 Å². The first-order chi connectivity index (χ1) is 14.1. The first-order valence-corrected chi connectivity index (χ1v) is 9.99. The second-order valence-corrected chi connectivity index (χ2v) is 7.52. The number of pyridine rings is 1. The molecule has 1 aromatic carbocycles. The van der Waals surface area contributed by atoms with Crippen LogP contribution in [0.3, 0.4) is 0 Å². The van der Waals surface area contributed by atoms with Gasteiger partial charge in [-0.15, -0.1) is 0 Å². The quantitative estimate of drug-likeness (QED) is 0.842. The summed E-state index contributed by atoms with van der Waals surface area (Å²) in [5.41, 5.74) is 1.97. The smallest absolute Gasteiger partial charge is 0.231 e. The number of likely N-dealkylation sites (tertiary alicyclic amines) is 1. The number of aromatic nitrogens is 1. The summed E-state index contributed by atoms with van der Waals surface area (Å²) in [4.78, 5) is 31.4. The number of ether oxygens (including phenoxy) is 2. The summed E-state index contributed by atoms with van der Waals surface area (Å²) in [7, 11) is 0. The minimum absolute atomic E-state index is 0.0694. The van der Waals surface area contributed by atoms with Gasteiger partial charge >= 0.3 is 0 Å². The zero-order valence-corrected chi connectivity index (χ0v) is 16.5. The molecule has 0 saturated carbocycles. The molecule has 1 unspecified atom stereocenters. The fraction of sp³-hybridized carbons (Fsp3) is 0.409. The first-order valence-electron chi connectivity index (χ1n) is 9.99. The normalized spacial score (nSPS) is 17.8. The van der Waals surface area contributed by atoms with Crippen molar-refractivity contribution in [1.29, 1.82) is 0 Å². The summed E-state index contributed by atoms with van der Waals surface area (Å²) >= 11 is 0. The Bertz CT molecular complexity index is 915. The molecule has 1 atom stereocenters. The zero-order valence-electron chi connectivity index (χ0n) is 16.5. The molecule has 152 valence electrons. The summed E-state index contributed by atoms with van der Waals surface area (Å²) in [5.74, 6) is 1.86. The lowest BCUT2D eigenvalue weighted by molar-refractivity contribution is -0.134. The third-order valence-corrected chi connectivity index (χ3v) is 5.46. The van der Waals surface area contributed by atoms with E-state index in [4.69, 9.17) is 9.47 Å². The Morgan fingerprint density at radius 3 is 2.97 bits per heavy atom. The number of carbonyl (C=O) groups is 2. The third-order valence-electron chi connectivity index (χ3n) is 5.46. The van der Waals surface area contributed by atoms with E-state index in [1.54, 1.807) is 6.20 Å². The molecular weight excluding hydrogens is 370 g/mol. The number of amides is 2. The zero-order chi connectivity index (χ0) is 20.2. The molecule has 7 heteroatoms. The highest BCUT2D eigenvalue weighted by atomic mass is 16.7. The largest absolute Gasteiger partial charge is 0.454 e. The van der Waals surface area contributed by atoms with Crippen molar-refractivity contribution >= 4 is 17.6 Å². The van der Waals surface area contributed by atoms with Gasteiger partial charge in [-0.25, -0.2) is 4.98 Å². The number of carbonyl (C=O) groups excluding carboxylic acids is 2. The van der Waals surface area contributed by atoms with E-state index in [9.17, 15) is 9.59 Å². The molecule has 0 aliphatic carbocycles. The highest BCUT2D eigenvalue weighted by molar-refractivity contribution is 5.93. The number of hydrogen-bond acceptors (Lipinski definition) is 5. The molecule has 0 bridgehead atoms. The lowest BCUT2D eigenvalue weighted by Gasteiger charge is -2.32. The summed E-state index contributed by atoms with van der Waals surface area (Å²) < 4.78 is 10.7. The Balaban J connectivity index is 1.31. The lowest BCUT2D eigenvalue weighted by atomic mass is 9.96. The molecule has 1 fully saturated rings. The fourth-order valence-corrected chi connectivity index (χ4v) is 3.76. The van der Waals surface area contributed by atoms with Crippen LogP contribution >= 0.6 is 0 Å². The topological polar surface area (TPSA) is 80.8 Å². The summed E-state index contributed by atoms with van der Waals surface area (Å²) in [6.07, 6.45) is 4.32. The summed E-state index contributed by atoms with van der Waals surface area (Å²) in [6, 6.07) is 9.52. The molecule has 29 heavy (non-hydrogen) atoms. The summed E-state index contributed by atoms with van der Waals surface area (Å²) in [6.45, 7) is 3.31. The van der Waals surface area contributed by atoms with Gasteiger partial charge in [0.2, 0.25) is 18.6 Å². The molecule has 7 nitrogen and oxygen atoms in total. The van der Waals surface area contributed by atoms with Gasteiger partial charge in [-0.3, -0.25) is 9.59 Å². The van der Waals surface area contributed by atoms with Crippen LogP contribution in [0.25, 0.3) is 0 Å². The maximum absolute atomic E-state index is 12.7. The van der Waals surface area contributed by atoms with Gasteiger partial charge in [0.05, 0.1) is 5.92 Å². The minimum Gasteiger partial charge on any atom is -0.454 e. The van der Waals surface area contributed by atoms with E-state index < -0.39 is 0 Å². The molecule has 2 amide bonds. The predicted molar refractivity (Wildman–Crippen MR) is 108 cm³/mol. The molecule has 2 aromatic rings. The SMILES string of the molecule is Cc1cccnc1NC(=O)C1CCCN(C(=O)CCc2ccc3c(c2)OCO3)C1. The van der Waals surface area contributed by atoms with Crippen LogP contribution in [0.5, 0.6) is 11.5 Å². The molecule has 3 heterocycles. The Hall–Kier alpha value is -3.09. The van der Waals surface area contributed by atoms with Gasteiger partial charge in [0.1, 0.15) is 5.82 Å². The number of anilines is 1. The predicted octanol–water partition coefficient (Wildman–Crippen LogP) is 2.93. The van der Waals surface area contributed by atoms with E-state index in [1.807, 2.05) is 42.2 Å². The van der Waals surface area contributed by atoms with Gasteiger partial charge in [-0.2, -0.15) is 0 Å². The van der Waals surface area contributed by atoms with E-state index in [1.165, 1.54) is 0 Å². The maximum atomic E-state index is 12.7. The average Bonchev–Trinajstić information content (AvgIpc) is 3.21. The minimum atomic E-state index is -0.209. The number of rotatable bonds is 5. The van der Waals surface area contributed by atoms with Gasteiger partial charge in [0, 0.05) is 25.7 Å². The van der Waals surface area contributed by atoms with Crippen molar-refractivity contribution in [3.05, 3.63) is 47.7 Å². The number of aryl methyl sites for hydroxylation is 2. The Kier molecular flexibility index (Phi) is 5.64. The van der Waals surface area contributed by atoms with Crippen LogP contribution in [0, 0.1) is 12.8 Å². The fourth-order valence-electron chi connectivity index (χ4n) is 3.76. The van der Waals surface area contributed by atoms with Crippen molar-refractivity contribution in [2.45, 2.75) is 32.6 Å². The molecule has 1 aromatic heterocycles. The standard InChI is InChI=1S/C22H25N3O4/c1-15-4-2-10-23-21(15)24-22(27)17-5-3-11-25(13-17)20(26)9-7-16-6-8-18-19(12-16)29-14-28-18/h2,4,6,8,10,12,17H,3,5,7,9,11,13-14H2,1H3,(H,23,24,27). The van der Waals surface area contributed by atoms with Crippen molar-refractivity contribution in [1.82, 2.24) is 9.88 Å². The molecule has 1 N–H and O–H groups in total. The van der Waals surface area contributed by atoms with Crippen molar-refractivity contribution in [2.75, 3.05) is 25.2 Å². The van der Waals surface area contributed by atoms with Crippen LogP contribution in [0.15, 0.2) is 36.5 Å². The van der Waals surface area contributed by atoms with Crippen LogP contribution in [0.2, 0.25) is 0 Å². The molecular formula is C22H25N3O4. The van der Waals surface area contributed by atoms with E-state index in [2.05, 4.69) is 10.3 Å². The van der Waals surface area contributed by atoms with Crippen LogP contribution < -0.4 is 14.8 Å². The third kappa shape index (κ3) is 4.50. The van der Waals surface area contributed by atoms with E-state index in [0.29, 0.717) is 31.7 Å². The van der Waals surface area contributed by atoms with Crippen molar-refractivity contribution in [3.63, 3.8) is 0 Å². The van der Waals surface area contributed by atoms with Gasteiger partial charge < -0.3 is 19.7 Å². The monoisotopic (exact) mass is 395 g/mol. The molecule has 0 spiro atoms. The van der Waals surface area contributed by atoms with Gasteiger partial charge in [0.15, 0.2) is 11.5 Å². The number of benzene rings is 1. The molecule has 4 rings (SSSR count). The van der Waals surface area contributed by atoms with Crippen molar-refractivity contribution in [2.24, 2.45) is 5.92 Å². The van der Waals surface area contributed by atoms with Crippen LogP contribution in [0.1, 0.15) is 30.4 Å². The average molecular weight is 395 g/mol.